The van der Waals surface area contributed by atoms with E-state index in [9.17, 15) is 9.59 Å². The molecule has 11 heteroatoms. The maximum atomic E-state index is 14.0. The zero-order valence-electron chi connectivity index (χ0n) is 23.9. The van der Waals surface area contributed by atoms with E-state index < -0.39 is 17.5 Å². The minimum Gasteiger partial charge on any atom is -0.493 e. The normalized spacial score (nSPS) is 12.0. The van der Waals surface area contributed by atoms with Gasteiger partial charge in [0.1, 0.15) is 12.6 Å². The van der Waals surface area contributed by atoms with Crippen molar-refractivity contribution in [2.45, 2.75) is 45.8 Å². The van der Waals surface area contributed by atoms with Crippen LogP contribution in [0.1, 0.15) is 37.9 Å². The minimum atomic E-state index is -0.990. The molecule has 0 radical (unpaired) electrons. The van der Waals surface area contributed by atoms with Crippen LogP contribution in [-0.2, 0) is 16.1 Å². The Bertz CT molecular complexity index is 1510. The predicted molar refractivity (Wildman–Crippen MR) is 157 cm³/mol. The van der Waals surface area contributed by atoms with E-state index in [0.29, 0.717) is 39.2 Å². The fraction of sp³-hybridized carbons (Fsp3) is 0.300. The number of methoxy groups -OCH3 is 2. The van der Waals surface area contributed by atoms with E-state index >= 15 is 0 Å². The first-order valence-electron chi connectivity index (χ1n) is 13.0. The van der Waals surface area contributed by atoms with Gasteiger partial charge in [-0.05, 0) is 80.9 Å². The number of rotatable bonds is 9. The van der Waals surface area contributed by atoms with Gasteiger partial charge < -0.3 is 14.8 Å². The molecule has 0 aliphatic rings. The summed E-state index contributed by atoms with van der Waals surface area (Å²) in [6.45, 7) is 7.35. The van der Waals surface area contributed by atoms with E-state index in [1.165, 1.54) is 16.8 Å². The Morgan fingerprint density at radius 2 is 1.63 bits per heavy atom. The molecule has 4 rings (SSSR count). The summed E-state index contributed by atoms with van der Waals surface area (Å²) in [5.74, 6) is 0.633. The van der Waals surface area contributed by atoms with Gasteiger partial charge >= 0.3 is 0 Å². The van der Waals surface area contributed by atoms with Crippen molar-refractivity contribution in [1.29, 1.82) is 0 Å². The number of tetrazole rings is 1. The number of halogens is 1. The van der Waals surface area contributed by atoms with Gasteiger partial charge in [0.15, 0.2) is 11.5 Å². The first kappa shape index (κ1) is 29.5. The third-order valence-electron chi connectivity index (χ3n) is 6.14. The van der Waals surface area contributed by atoms with Crippen molar-refractivity contribution in [1.82, 2.24) is 25.5 Å². The standard InChI is InChI=1S/C30H33ClN6O4/c1-19-7-14-23(15-8-19)37(27(29(39)32-30(2,3)4)20-9-12-22(31)13-10-20)26(38)18-36-34-28(33-35-36)21-11-16-24(40-5)25(17-21)41-6/h7-17,27H,18H2,1-6H3,(H,32,39)/t27-/m0/s1. The molecule has 0 saturated heterocycles. The van der Waals surface area contributed by atoms with E-state index in [1.807, 2.05) is 52.0 Å². The van der Waals surface area contributed by atoms with Crippen molar-refractivity contribution in [2.75, 3.05) is 19.1 Å². The van der Waals surface area contributed by atoms with Gasteiger partial charge in [0.2, 0.25) is 11.7 Å². The number of benzene rings is 3. The zero-order valence-corrected chi connectivity index (χ0v) is 24.6. The lowest BCUT2D eigenvalue weighted by Gasteiger charge is -2.33. The first-order valence-corrected chi connectivity index (χ1v) is 13.3. The topological polar surface area (TPSA) is 111 Å². The largest absolute Gasteiger partial charge is 0.493 e. The molecule has 3 aromatic carbocycles. The van der Waals surface area contributed by atoms with E-state index in [0.717, 1.165) is 5.56 Å². The number of anilines is 1. The monoisotopic (exact) mass is 576 g/mol. The maximum absolute atomic E-state index is 14.0. The number of aromatic nitrogens is 4. The summed E-state index contributed by atoms with van der Waals surface area (Å²) in [4.78, 5) is 30.5. The molecule has 1 N–H and O–H groups in total. The van der Waals surface area contributed by atoms with Crippen LogP contribution in [0.15, 0.2) is 66.7 Å². The molecule has 1 atom stereocenters. The highest BCUT2D eigenvalue weighted by Gasteiger charge is 2.35. The summed E-state index contributed by atoms with van der Waals surface area (Å²) >= 11 is 6.15. The highest BCUT2D eigenvalue weighted by atomic mass is 35.5. The quantitative estimate of drug-likeness (QED) is 0.298. The number of carbonyl (C=O) groups excluding carboxylic acids is 2. The minimum absolute atomic E-state index is 0.263. The van der Waals surface area contributed by atoms with Gasteiger partial charge in [-0.1, -0.05) is 41.4 Å². The molecule has 0 unspecified atom stereocenters. The second kappa shape index (κ2) is 12.4. The molecular weight excluding hydrogens is 544 g/mol. The lowest BCUT2D eigenvalue weighted by Crippen LogP contribution is -2.50. The fourth-order valence-electron chi connectivity index (χ4n) is 4.24. The van der Waals surface area contributed by atoms with Crippen molar-refractivity contribution in [3.8, 4) is 22.9 Å². The fourth-order valence-corrected chi connectivity index (χ4v) is 4.37. The van der Waals surface area contributed by atoms with Gasteiger partial charge in [0, 0.05) is 21.8 Å². The molecule has 10 nitrogen and oxygen atoms in total. The van der Waals surface area contributed by atoms with Crippen LogP contribution in [0.5, 0.6) is 11.5 Å². The molecule has 1 aromatic heterocycles. The van der Waals surface area contributed by atoms with Crippen molar-refractivity contribution in [3.63, 3.8) is 0 Å². The lowest BCUT2D eigenvalue weighted by atomic mass is 10.0. The third-order valence-corrected chi connectivity index (χ3v) is 6.39. The van der Waals surface area contributed by atoms with Gasteiger partial charge in [-0.2, -0.15) is 4.80 Å². The Balaban J connectivity index is 1.72. The molecule has 214 valence electrons. The van der Waals surface area contributed by atoms with Gasteiger partial charge in [0.25, 0.3) is 5.91 Å². The molecule has 0 fully saturated rings. The molecule has 2 amide bonds. The van der Waals surface area contributed by atoms with Crippen LogP contribution < -0.4 is 19.7 Å². The molecule has 0 aliphatic carbocycles. The number of nitrogens with zero attached hydrogens (tertiary/aromatic N) is 5. The van der Waals surface area contributed by atoms with Crippen molar-refractivity contribution in [3.05, 3.63) is 82.9 Å². The van der Waals surface area contributed by atoms with Crippen LogP contribution in [0.3, 0.4) is 0 Å². The molecular formula is C30H33ClN6O4. The summed E-state index contributed by atoms with van der Waals surface area (Å²) in [5, 5.41) is 16.2. The Kier molecular flexibility index (Phi) is 8.92. The molecule has 1 heterocycles. The van der Waals surface area contributed by atoms with Crippen molar-refractivity contribution < 1.29 is 19.1 Å². The SMILES string of the molecule is COc1ccc(-c2nnn(CC(=O)N(c3ccc(C)cc3)[C@H](C(=O)NC(C)(C)C)c3ccc(Cl)cc3)n2)cc1OC. The molecule has 0 spiro atoms. The summed E-state index contributed by atoms with van der Waals surface area (Å²) in [5.41, 5.74) is 2.26. The summed E-state index contributed by atoms with van der Waals surface area (Å²) < 4.78 is 10.7. The van der Waals surface area contributed by atoms with Gasteiger partial charge in [-0.25, -0.2) is 0 Å². The second-order valence-corrected chi connectivity index (χ2v) is 10.9. The highest BCUT2D eigenvalue weighted by molar-refractivity contribution is 6.30. The third kappa shape index (κ3) is 7.20. The number of ether oxygens (including phenoxy) is 2. The molecule has 0 aliphatic heterocycles. The summed E-state index contributed by atoms with van der Waals surface area (Å²) in [6, 6.07) is 18.5. The van der Waals surface area contributed by atoms with Crippen LogP contribution in [-0.4, -0.2) is 51.8 Å². The van der Waals surface area contributed by atoms with Crippen LogP contribution in [0.25, 0.3) is 11.4 Å². The van der Waals surface area contributed by atoms with Gasteiger partial charge in [-0.3, -0.25) is 14.5 Å². The first-order chi connectivity index (χ1) is 19.5. The second-order valence-electron chi connectivity index (χ2n) is 10.5. The van der Waals surface area contributed by atoms with Crippen LogP contribution in [0.4, 0.5) is 5.69 Å². The summed E-state index contributed by atoms with van der Waals surface area (Å²) in [6.07, 6.45) is 0. The Morgan fingerprint density at radius 3 is 2.24 bits per heavy atom. The zero-order chi connectivity index (χ0) is 29.7. The Labute approximate surface area is 244 Å². The van der Waals surface area contributed by atoms with E-state index in [2.05, 4.69) is 20.7 Å². The molecule has 41 heavy (non-hydrogen) atoms. The smallest absolute Gasteiger partial charge is 0.251 e. The predicted octanol–water partition coefficient (Wildman–Crippen LogP) is 5.01. The van der Waals surface area contributed by atoms with E-state index in [4.69, 9.17) is 21.1 Å². The molecule has 4 aromatic rings. The summed E-state index contributed by atoms with van der Waals surface area (Å²) in [7, 11) is 3.09. The van der Waals surface area contributed by atoms with Crippen LogP contribution in [0, 0.1) is 6.92 Å². The van der Waals surface area contributed by atoms with Crippen LogP contribution >= 0.6 is 11.6 Å². The Hall–Kier alpha value is -4.44. The average Bonchev–Trinajstić information content (AvgIpc) is 3.40. The number of nitrogens with one attached hydrogen (secondary N) is 1. The molecule has 0 bridgehead atoms. The maximum Gasteiger partial charge on any atom is 0.251 e. The molecule has 0 saturated carbocycles. The van der Waals surface area contributed by atoms with Crippen molar-refractivity contribution >= 4 is 29.1 Å². The number of hydrogen-bond donors (Lipinski definition) is 1. The van der Waals surface area contributed by atoms with E-state index in [-0.39, 0.29) is 12.5 Å². The van der Waals surface area contributed by atoms with Crippen LogP contribution in [0.2, 0.25) is 5.02 Å². The number of aryl methyl sites for hydroxylation is 1. The van der Waals surface area contributed by atoms with Gasteiger partial charge in [0.05, 0.1) is 14.2 Å². The van der Waals surface area contributed by atoms with Gasteiger partial charge in [-0.15, -0.1) is 10.2 Å². The lowest BCUT2D eigenvalue weighted by molar-refractivity contribution is -0.128. The highest BCUT2D eigenvalue weighted by Crippen LogP contribution is 2.32. The van der Waals surface area contributed by atoms with Crippen molar-refractivity contribution in [2.24, 2.45) is 0 Å². The number of hydrogen-bond acceptors (Lipinski definition) is 7. The Morgan fingerprint density at radius 1 is 0.976 bits per heavy atom. The number of carbonyl (C=O) groups is 2. The number of amides is 2. The average molecular weight is 577 g/mol. The van der Waals surface area contributed by atoms with E-state index in [1.54, 1.807) is 49.6 Å².